The lowest BCUT2D eigenvalue weighted by Crippen LogP contribution is -2.26. The molecule has 1 saturated heterocycles. The molecule has 1 nitrogen and oxygen atoms in total. The number of hydrogen-bond acceptors (Lipinski definition) is 2. The molecule has 1 aliphatic rings. The Kier molecular flexibility index (Phi) is 2.84. The maximum Gasteiger partial charge on any atom is 0.0701 e. The standard InChI is InChI=1S/C9H12BrNS/c10-9-5-8(6-12-9)7-1-3-11-4-2-7/h5-7,11H,1-4H2. The monoisotopic (exact) mass is 245 g/mol. The first-order valence-corrected chi connectivity index (χ1v) is 5.98. The van der Waals surface area contributed by atoms with Gasteiger partial charge >= 0.3 is 0 Å². The summed E-state index contributed by atoms with van der Waals surface area (Å²) in [5, 5.41) is 5.66. The average molecular weight is 246 g/mol. The van der Waals surface area contributed by atoms with Crippen LogP contribution < -0.4 is 5.32 Å². The minimum atomic E-state index is 0.800. The Morgan fingerprint density at radius 3 is 2.75 bits per heavy atom. The molecule has 1 aromatic rings. The zero-order valence-corrected chi connectivity index (χ0v) is 9.25. The highest BCUT2D eigenvalue weighted by Gasteiger charge is 2.15. The van der Waals surface area contributed by atoms with Crippen molar-refractivity contribution in [3.63, 3.8) is 0 Å². The van der Waals surface area contributed by atoms with Crippen LogP contribution in [0.25, 0.3) is 0 Å². The van der Waals surface area contributed by atoms with Gasteiger partial charge in [-0.15, -0.1) is 11.3 Å². The van der Waals surface area contributed by atoms with E-state index in [4.69, 9.17) is 0 Å². The summed E-state index contributed by atoms with van der Waals surface area (Å²) in [6.07, 6.45) is 2.59. The molecule has 0 atom stereocenters. The summed E-state index contributed by atoms with van der Waals surface area (Å²) in [7, 11) is 0. The van der Waals surface area contributed by atoms with Gasteiger partial charge in [-0.3, -0.25) is 0 Å². The van der Waals surface area contributed by atoms with Crippen molar-refractivity contribution in [3.05, 3.63) is 20.8 Å². The summed E-state index contributed by atoms with van der Waals surface area (Å²) in [4.78, 5) is 0. The second-order valence-electron chi connectivity index (χ2n) is 3.21. The van der Waals surface area contributed by atoms with E-state index >= 15 is 0 Å². The van der Waals surface area contributed by atoms with E-state index in [0.29, 0.717) is 0 Å². The van der Waals surface area contributed by atoms with Crippen molar-refractivity contribution < 1.29 is 0 Å². The average Bonchev–Trinajstić information content (AvgIpc) is 2.54. The van der Waals surface area contributed by atoms with Crippen LogP contribution in [0.1, 0.15) is 24.3 Å². The van der Waals surface area contributed by atoms with Gasteiger partial charge in [0.25, 0.3) is 0 Å². The van der Waals surface area contributed by atoms with Crippen molar-refractivity contribution in [1.82, 2.24) is 5.32 Å². The Balaban J connectivity index is 2.08. The fraction of sp³-hybridized carbons (Fsp3) is 0.556. The van der Waals surface area contributed by atoms with E-state index in [9.17, 15) is 0 Å². The van der Waals surface area contributed by atoms with Gasteiger partial charge in [-0.05, 0) is 64.8 Å². The van der Waals surface area contributed by atoms with Crippen LogP contribution in [-0.4, -0.2) is 13.1 Å². The zero-order valence-electron chi connectivity index (χ0n) is 6.85. The first kappa shape index (κ1) is 8.73. The molecule has 2 heterocycles. The van der Waals surface area contributed by atoms with Gasteiger partial charge in [-0.2, -0.15) is 0 Å². The van der Waals surface area contributed by atoms with Crippen LogP contribution in [0.4, 0.5) is 0 Å². The van der Waals surface area contributed by atoms with E-state index in [1.54, 1.807) is 11.3 Å². The van der Waals surface area contributed by atoms with E-state index in [1.807, 2.05) is 0 Å². The fourth-order valence-corrected chi connectivity index (χ4v) is 2.95. The summed E-state index contributed by atoms with van der Waals surface area (Å²) in [5.74, 6) is 0.800. The minimum absolute atomic E-state index is 0.800. The molecule has 1 fully saturated rings. The molecule has 12 heavy (non-hydrogen) atoms. The van der Waals surface area contributed by atoms with Gasteiger partial charge in [0.1, 0.15) is 0 Å². The van der Waals surface area contributed by atoms with E-state index in [0.717, 1.165) is 5.92 Å². The lowest BCUT2D eigenvalue weighted by atomic mass is 9.92. The molecule has 0 radical (unpaired) electrons. The number of nitrogens with one attached hydrogen (secondary N) is 1. The van der Waals surface area contributed by atoms with E-state index in [-0.39, 0.29) is 0 Å². The first-order valence-electron chi connectivity index (χ1n) is 4.31. The van der Waals surface area contributed by atoms with Crippen LogP contribution in [0.3, 0.4) is 0 Å². The number of thiophene rings is 1. The third kappa shape index (κ3) is 1.90. The quantitative estimate of drug-likeness (QED) is 0.803. The molecule has 1 aromatic heterocycles. The van der Waals surface area contributed by atoms with Crippen LogP contribution in [0.2, 0.25) is 0 Å². The summed E-state index contributed by atoms with van der Waals surface area (Å²) >= 11 is 5.30. The molecule has 0 amide bonds. The van der Waals surface area contributed by atoms with E-state index < -0.39 is 0 Å². The molecule has 0 unspecified atom stereocenters. The Bertz CT molecular complexity index is 253. The third-order valence-corrected chi connectivity index (χ3v) is 3.92. The molecule has 2 rings (SSSR count). The molecule has 66 valence electrons. The Morgan fingerprint density at radius 2 is 2.17 bits per heavy atom. The molecule has 0 bridgehead atoms. The molecule has 0 spiro atoms. The summed E-state index contributed by atoms with van der Waals surface area (Å²) in [6.45, 7) is 2.36. The fourth-order valence-electron chi connectivity index (χ4n) is 1.69. The van der Waals surface area contributed by atoms with Gasteiger partial charge in [0.2, 0.25) is 0 Å². The Labute approximate surface area is 85.3 Å². The van der Waals surface area contributed by atoms with Crippen molar-refractivity contribution >= 4 is 27.3 Å². The van der Waals surface area contributed by atoms with Crippen LogP contribution in [0.15, 0.2) is 15.2 Å². The Morgan fingerprint density at radius 1 is 1.42 bits per heavy atom. The summed E-state index contributed by atoms with van der Waals surface area (Å²) in [6, 6.07) is 2.26. The molecular weight excluding hydrogens is 234 g/mol. The summed E-state index contributed by atoms with van der Waals surface area (Å²) < 4.78 is 1.26. The molecule has 1 N–H and O–H groups in total. The number of piperidine rings is 1. The second kappa shape index (κ2) is 3.90. The van der Waals surface area contributed by atoms with Gasteiger partial charge in [0.05, 0.1) is 3.79 Å². The largest absolute Gasteiger partial charge is 0.317 e. The predicted octanol–water partition coefficient (Wildman–Crippen LogP) is 2.98. The number of halogens is 1. The molecule has 0 saturated carbocycles. The molecule has 3 heteroatoms. The maximum absolute atomic E-state index is 3.50. The van der Waals surface area contributed by atoms with E-state index in [1.165, 1.54) is 35.3 Å². The van der Waals surface area contributed by atoms with Gasteiger partial charge in [-0.25, -0.2) is 0 Å². The lowest BCUT2D eigenvalue weighted by molar-refractivity contribution is 0.461. The predicted molar refractivity (Wildman–Crippen MR) is 56.9 cm³/mol. The van der Waals surface area contributed by atoms with Crippen molar-refractivity contribution in [1.29, 1.82) is 0 Å². The van der Waals surface area contributed by atoms with Crippen molar-refractivity contribution in [2.45, 2.75) is 18.8 Å². The topological polar surface area (TPSA) is 12.0 Å². The lowest BCUT2D eigenvalue weighted by Gasteiger charge is -2.21. The van der Waals surface area contributed by atoms with Gasteiger partial charge in [0, 0.05) is 0 Å². The molecule has 1 aliphatic heterocycles. The first-order chi connectivity index (χ1) is 5.86. The van der Waals surface area contributed by atoms with Crippen LogP contribution >= 0.6 is 27.3 Å². The highest BCUT2D eigenvalue weighted by molar-refractivity contribution is 9.11. The SMILES string of the molecule is Brc1cc(C2CCNCC2)cs1. The van der Waals surface area contributed by atoms with Crippen molar-refractivity contribution in [2.24, 2.45) is 0 Å². The van der Waals surface area contributed by atoms with Crippen LogP contribution in [0, 0.1) is 0 Å². The van der Waals surface area contributed by atoms with E-state index in [2.05, 4.69) is 32.7 Å². The van der Waals surface area contributed by atoms with Crippen LogP contribution in [0.5, 0.6) is 0 Å². The van der Waals surface area contributed by atoms with Gasteiger partial charge < -0.3 is 5.32 Å². The second-order valence-corrected chi connectivity index (χ2v) is 5.50. The highest BCUT2D eigenvalue weighted by atomic mass is 79.9. The molecular formula is C9H12BrNS. The minimum Gasteiger partial charge on any atom is -0.317 e. The maximum atomic E-state index is 3.50. The van der Waals surface area contributed by atoms with Crippen molar-refractivity contribution in [3.8, 4) is 0 Å². The molecule has 0 aliphatic carbocycles. The zero-order chi connectivity index (χ0) is 8.39. The van der Waals surface area contributed by atoms with Crippen molar-refractivity contribution in [2.75, 3.05) is 13.1 Å². The smallest absolute Gasteiger partial charge is 0.0701 e. The number of hydrogen-bond donors (Lipinski definition) is 1. The highest BCUT2D eigenvalue weighted by Crippen LogP contribution is 2.31. The third-order valence-electron chi connectivity index (χ3n) is 2.40. The molecule has 0 aromatic carbocycles. The normalized spacial score (nSPS) is 19.8. The number of rotatable bonds is 1. The summed E-state index contributed by atoms with van der Waals surface area (Å²) in [5.41, 5.74) is 1.52. The Hall–Kier alpha value is 0.140. The van der Waals surface area contributed by atoms with Gasteiger partial charge in [-0.1, -0.05) is 0 Å². The van der Waals surface area contributed by atoms with Gasteiger partial charge in [0.15, 0.2) is 0 Å². The van der Waals surface area contributed by atoms with Crippen LogP contribution in [-0.2, 0) is 0 Å².